The van der Waals surface area contributed by atoms with Crippen molar-refractivity contribution in [1.29, 1.82) is 0 Å². The van der Waals surface area contributed by atoms with E-state index in [1.54, 1.807) is 31.1 Å². The van der Waals surface area contributed by atoms with E-state index in [2.05, 4.69) is 30.3 Å². The van der Waals surface area contributed by atoms with Gasteiger partial charge >= 0.3 is 0 Å². The average molecular weight is 430 g/mol. The highest BCUT2D eigenvalue weighted by molar-refractivity contribution is 5.77. The number of quaternary nitrogens is 2. The molecule has 7 heteroatoms. The first-order chi connectivity index (χ1) is 15.0. The van der Waals surface area contributed by atoms with Gasteiger partial charge in [0.05, 0.1) is 21.3 Å². The van der Waals surface area contributed by atoms with E-state index in [-0.39, 0.29) is 5.91 Å². The normalized spacial score (nSPS) is 18.3. The highest BCUT2D eigenvalue weighted by Crippen LogP contribution is 2.40. The lowest BCUT2D eigenvalue weighted by molar-refractivity contribution is -1.02. The molecule has 0 aromatic heterocycles. The van der Waals surface area contributed by atoms with Crippen molar-refractivity contribution < 1.29 is 28.8 Å². The highest BCUT2D eigenvalue weighted by Gasteiger charge is 2.26. The Labute approximate surface area is 185 Å². The summed E-state index contributed by atoms with van der Waals surface area (Å²) in [6, 6.07) is 14.4. The SMILES string of the molecule is COc1ccc(CN(C)C(=O)C[NH+]2CC[NH+](Cc3ccccc3)CC2)c(OC)c1OC. The zero-order valence-electron chi connectivity index (χ0n) is 19.1. The summed E-state index contributed by atoms with van der Waals surface area (Å²) in [4.78, 5) is 17.6. The number of amides is 1. The molecule has 2 N–H and O–H groups in total. The second kappa shape index (κ2) is 11.0. The van der Waals surface area contributed by atoms with Crippen LogP contribution in [-0.2, 0) is 17.9 Å². The van der Waals surface area contributed by atoms with E-state index in [0.717, 1.165) is 38.3 Å². The molecule has 7 nitrogen and oxygen atoms in total. The van der Waals surface area contributed by atoms with Crippen LogP contribution in [0, 0.1) is 0 Å². The minimum atomic E-state index is 0.137. The Hall–Kier alpha value is -2.77. The summed E-state index contributed by atoms with van der Waals surface area (Å²) in [6.45, 7) is 6.24. The molecule has 1 amide bonds. The van der Waals surface area contributed by atoms with E-state index in [9.17, 15) is 4.79 Å². The van der Waals surface area contributed by atoms with Gasteiger partial charge in [-0.25, -0.2) is 0 Å². The summed E-state index contributed by atoms with van der Waals surface area (Å²) < 4.78 is 16.3. The van der Waals surface area contributed by atoms with Gasteiger partial charge in [-0.15, -0.1) is 0 Å². The van der Waals surface area contributed by atoms with Crippen LogP contribution in [-0.4, -0.2) is 71.9 Å². The molecule has 1 heterocycles. The molecule has 0 unspecified atom stereocenters. The molecule has 2 aromatic rings. The van der Waals surface area contributed by atoms with Crippen LogP contribution < -0.4 is 24.0 Å². The number of benzene rings is 2. The number of carbonyl (C=O) groups excluding carboxylic acids is 1. The number of rotatable bonds is 9. The van der Waals surface area contributed by atoms with Gasteiger partial charge in [-0.2, -0.15) is 0 Å². The van der Waals surface area contributed by atoms with Gasteiger partial charge in [0.15, 0.2) is 18.0 Å². The molecule has 0 bridgehead atoms. The summed E-state index contributed by atoms with van der Waals surface area (Å²) in [7, 11) is 6.62. The predicted octanol–water partition coefficient (Wildman–Crippen LogP) is -0.346. The Kier molecular flexibility index (Phi) is 8.14. The Morgan fingerprint density at radius 3 is 2.13 bits per heavy atom. The van der Waals surface area contributed by atoms with Crippen LogP contribution in [0.4, 0.5) is 0 Å². The fourth-order valence-corrected chi connectivity index (χ4v) is 4.18. The molecule has 0 spiro atoms. The molecular weight excluding hydrogens is 394 g/mol. The van der Waals surface area contributed by atoms with Gasteiger partial charge < -0.3 is 28.9 Å². The molecule has 2 aromatic carbocycles. The zero-order chi connectivity index (χ0) is 22.2. The lowest BCUT2D eigenvalue weighted by Crippen LogP contribution is -3.28. The van der Waals surface area contributed by atoms with Crippen molar-refractivity contribution in [1.82, 2.24) is 4.90 Å². The van der Waals surface area contributed by atoms with E-state index in [1.165, 1.54) is 10.5 Å². The second-order valence-corrected chi connectivity index (χ2v) is 8.08. The van der Waals surface area contributed by atoms with Crippen LogP contribution in [0.15, 0.2) is 42.5 Å². The van der Waals surface area contributed by atoms with E-state index in [0.29, 0.717) is 30.3 Å². The first-order valence-electron chi connectivity index (χ1n) is 10.8. The van der Waals surface area contributed by atoms with Crippen molar-refractivity contribution >= 4 is 5.91 Å². The van der Waals surface area contributed by atoms with Crippen molar-refractivity contribution in [2.45, 2.75) is 13.1 Å². The molecule has 1 aliphatic rings. The molecule has 31 heavy (non-hydrogen) atoms. The molecule has 1 saturated heterocycles. The first-order valence-corrected chi connectivity index (χ1v) is 10.8. The fourth-order valence-electron chi connectivity index (χ4n) is 4.18. The van der Waals surface area contributed by atoms with Crippen molar-refractivity contribution in [3.63, 3.8) is 0 Å². The van der Waals surface area contributed by atoms with E-state index < -0.39 is 0 Å². The fraction of sp³-hybridized carbons (Fsp3) is 0.458. The van der Waals surface area contributed by atoms with Crippen LogP contribution >= 0.6 is 0 Å². The zero-order valence-corrected chi connectivity index (χ0v) is 19.1. The van der Waals surface area contributed by atoms with Gasteiger partial charge in [-0.3, -0.25) is 4.79 Å². The topological polar surface area (TPSA) is 56.9 Å². The lowest BCUT2D eigenvalue weighted by Gasteiger charge is -2.30. The van der Waals surface area contributed by atoms with Gasteiger partial charge in [-0.1, -0.05) is 30.3 Å². The summed E-state index contributed by atoms with van der Waals surface area (Å²) in [5, 5.41) is 0. The van der Waals surface area contributed by atoms with Gasteiger partial charge in [0.25, 0.3) is 5.91 Å². The van der Waals surface area contributed by atoms with Crippen LogP contribution in [0.1, 0.15) is 11.1 Å². The Balaban J connectivity index is 1.52. The van der Waals surface area contributed by atoms with E-state index >= 15 is 0 Å². The quantitative estimate of drug-likeness (QED) is 0.573. The molecule has 0 atom stereocenters. The number of ether oxygens (including phenoxy) is 3. The number of piperazine rings is 1. The molecule has 0 saturated carbocycles. The van der Waals surface area contributed by atoms with Crippen molar-refractivity contribution in [2.24, 2.45) is 0 Å². The average Bonchev–Trinajstić information content (AvgIpc) is 2.80. The molecule has 3 rings (SSSR count). The number of hydrogen-bond donors (Lipinski definition) is 2. The second-order valence-electron chi connectivity index (χ2n) is 8.08. The van der Waals surface area contributed by atoms with Crippen LogP contribution in [0.3, 0.4) is 0 Å². The largest absolute Gasteiger partial charge is 0.493 e. The van der Waals surface area contributed by atoms with E-state index in [1.807, 2.05) is 19.2 Å². The maximum absolute atomic E-state index is 12.9. The number of nitrogens with one attached hydrogen (secondary N) is 2. The van der Waals surface area contributed by atoms with Gasteiger partial charge in [0.1, 0.15) is 32.7 Å². The number of carbonyl (C=O) groups is 1. The molecule has 168 valence electrons. The lowest BCUT2D eigenvalue weighted by atomic mass is 10.1. The van der Waals surface area contributed by atoms with Crippen molar-refractivity contribution in [3.8, 4) is 17.2 Å². The smallest absolute Gasteiger partial charge is 0.277 e. The maximum atomic E-state index is 12.9. The van der Waals surface area contributed by atoms with Crippen molar-refractivity contribution in [3.05, 3.63) is 53.6 Å². The maximum Gasteiger partial charge on any atom is 0.277 e. The minimum absolute atomic E-state index is 0.137. The summed E-state index contributed by atoms with van der Waals surface area (Å²) in [5.74, 6) is 1.90. The Bertz CT molecular complexity index is 851. The molecule has 0 aliphatic carbocycles. The third-order valence-corrected chi connectivity index (χ3v) is 5.98. The number of methoxy groups -OCH3 is 3. The Morgan fingerprint density at radius 1 is 0.871 bits per heavy atom. The third kappa shape index (κ3) is 5.89. The third-order valence-electron chi connectivity index (χ3n) is 5.98. The van der Waals surface area contributed by atoms with Crippen LogP contribution in [0.2, 0.25) is 0 Å². The number of likely N-dealkylation sites (N-methyl/N-ethyl adjacent to an activating group) is 1. The standard InChI is InChI=1S/C24H33N3O4/c1-25(17-20-10-11-21(29-2)24(31-4)23(20)30-3)22(28)18-27-14-12-26(13-15-27)16-19-8-6-5-7-9-19/h5-11H,12-18H2,1-4H3/p+2. The first kappa shape index (κ1) is 22.9. The van der Waals surface area contributed by atoms with E-state index in [4.69, 9.17) is 14.2 Å². The van der Waals surface area contributed by atoms with Crippen molar-refractivity contribution in [2.75, 3.05) is 61.1 Å². The summed E-state index contributed by atoms with van der Waals surface area (Å²) in [6.07, 6.45) is 0. The Morgan fingerprint density at radius 2 is 1.52 bits per heavy atom. The summed E-state index contributed by atoms with van der Waals surface area (Å²) >= 11 is 0. The molecule has 0 radical (unpaired) electrons. The molecule has 1 fully saturated rings. The van der Waals surface area contributed by atoms with Gasteiger partial charge in [0.2, 0.25) is 5.75 Å². The van der Waals surface area contributed by atoms with Gasteiger partial charge in [-0.05, 0) is 12.1 Å². The van der Waals surface area contributed by atoms with Crippen LogP contribution in [0.25, 0.3) is 0 Å². The molecule has 1 aliphatic heterocycles. The highest BCUT2D eigenvalue weighted by atomic mass is 16.5. The monoisotopic (exact) mass is 429 g/mol. The summed E-state index contributed by atoms with van der Waals surface area (Å²) in [5.41, 5.74) is 2.27. The minimum Gasteiger partial charge on any atom is -0.493 e. The van der Waals surface area contributed by atoms with Gasteiger partial charge in [0, 0.05) is 24.7 Å². The molecular formula is C24H35N3O4+2. The number of hydrogen-bond acceptors (Lipinski definition) is 4. The predicted molar refractivity (Wildman–Crippen MR) is 119 cm³/mol. The number of nitrogens with zero attached hydrogens (tertiary/aromatic N) is 1. The van der Waals surface area contributed by atoms with Crippen LogP contribution in [0.5, 0.6) is 17.2 Å².